The number of nitrogens with zero attached hydrogens (tertiary/aromatic N) is 1. The maximum Gasteiger partial charge on any atom is 0.331 e. The molecule has 0 spiro atoms. The quantitative estimate of drug-likeness (QED) is 0.483. The highest BCUT2D eigenvalue weighted by atomic mass is 35.5. The van der Waals surface area contributed by atoms with E-state index < -0.39 is 11.8 Å². The number of hydrogen-bond acceptors (Lipinski definition) is 5. The number of likely N-dealkylation sites (N-methyl/N-ethyl adjacent to an activating group) is 1. The van der Waals surface area contributed by atoms with Gasteiger partial charge < -0.3 is 14.4 Å². The average molecular weight is 412 g/mol. The maximum atomic E-state index is 13.6. The molecule has 5 nitrogen and oxygen atoms in total. The van der Waals surface area contributed by atoms with Crippen LogP contribution >= 0.6 is 22.9 Å². The van der Waals surface area contributed by atoms with Gasteiger partial charge in [0.05, 0.1) is 18.0 Å². The topological polar surface area (TPSA) is 55.8 Å². The summed E-state index contributed by atoms with van der Waals surface area (Å²) in [6.07, 6.45) is 2.55. The molecule has 1 heterocycles. The van der Waals surface area contributed by atoms with Crippen LogP contribution in [-0.4, -0.2) is 37.0 Å². The highest BCUT2D eigenvalue weighted by Gasteiger charge is 2.15. The van der Waals surface area contributed by atoms with Crippen LogP contribution in [0.15, 0.2) is 36.4 Å². The Morgan fingerprint density at radius 1 is 1.30 bits per heavy atom. The van der Waals surface area contributed by atoms with Gasteiger partial charge in [0.2, 0.25) is 0 Å². The van der Waals surface area contributed by atoms with E-state index in [-0.39, 0.29) is 18.3 Å². The van der Waals surface area contributed by atoms with Gasteiger partial charge in [-0.05, 0) is 42.8 Å². The second kappa shape index (κ2) is 10.1. The van der Waals surface area contributed by atoms with E-state index in [4.69, 9.17) is 21.1 Å². The molecule has 0 N–H and O–H groups in total. The summed E-state index contributed by atoms with van der Waals surface area (Å²) in [7, 11) is 1.37. The molecule has 0 atom stereocenters. The van der Waals surface area contributed by atoms with E-state index >= 15 is 0 Å². The van der Waals surface area contributed by atoms with Crippen molar-refractivity contribution < 1.29 is 23.5 Å². The van der Waals surface area contributed by atoms with Crippen LogP contribution in [0.25, 0.3) is 6.08 Å². The van der Waals surface area contributed by atoms with Crippen LogP contribution < -0.4 is 4.74 Å². The van der Waals surface area contributed by atoms with Crippen molar-refractivity contribution in [2.75, 3.05) is 20.3 Å². The first-order valence-electron chi connectivity index (χ1n) is 8.13. The summed E-state index contributed by atoms with van der Waals surface area (Å²) in [4.78, 5) is 26.5. The molecule has 1 amide bonds. The molecule has 0 saturated carbocycles. The molecule has 2 aromatic rings. The van der Waals surface area contributed by atoms with E-state index in [9.17, 15) is 14.0 Å². The summed E-state index contributed by atoms with van der Waals surface area (Å²) in [6.45, 7) is 2.36. The summed E-state index contributed by atoms with van der Waals surface area (Å²) >= 11 is 7.28. The number of esters is 1. The maximum absolute atomic E-state index is 13.6. The fourth-order valence-electron chi connectivity index (χ4n) is 2.22. The molecule has 0 bridgehead atoms. The Kier molecular flexibility index (Phi) is 7.82. The lowest BCUT2D eigenvalue weighted by Gasteiger charge is -2.19. The first-order chi connectivity index (χ1) is 12.9. The van der Waals surface area contributed by atoms with Crippen molar-refractivity contribution >= 4 is 40.9 Å². The lowest BCUT2D eigenvalue weighted by molar-refractivity contribution is -0.148. The van der Waals surface area contributed by atoms with Gasteiger partial charge in [-0.3, -0.25) is 4.79 Å². The Morgan fingerprint density at radius 2 is 2.07 bits per heavy atom. The number of thiophene rings is 1. The molecule has 1 aromatic carbocycles. The molecule has 0 aliphatic rings. The normalized spacial score (nSPS) is 10.8. The SMILES string of the molecule is CCN(Cc1ccc(Cl)s1)C(=O)COC(=O)/C=C/c1ccc(OC)c(F)c1. The number of halogens is 2. The summed E-state index contributed by atoms with van der Waals surface area (Å²) < 4.78 is 24.1. The van der Waals surface area contributed by atoms with Gasteiger partial charge in [-0.25, -0.2) is 9.18 Å². The van der Waals surface area contributed by atoms with Gasteiger partial charge in [0, 0.05) is 17.5 Å². The second-order valence-corrected chi connectivity index (χ2v) is 7.25. The zero-order valence-corrected chi connectivity index (χ0v) is 16.5. The van der Waals surface area contributed by atoms with Crippen molar-refractivity contribution in [3.63, 3.8) is 0 Å². The van der Waals surface area contributed by atoms with Crippen LogP contribution in [-0.2, 0) is 20.9 Å². The molecule has 0 fully saturated rings. The number of benzene rings is 1. The summed E-state index contributed by atoms with van der Waals surface area (Å²) in [5.41, 5.74) is 0.473. The Labute approximate surface area is 166 Å². The van der Waals surface area contributed by atoms with Gasteiger partial charge in [-0.15, -0.1) is 11.3 Å². The van der Waals surface area contributed by atoms with Crippen molar-refractivity contribution in [2.45, 2.75) is 13.5 Å². The number of methoxy groups -OCH3 is 1. The van der Waals surface area contributed by atoms with E-state index in [0.29, 0.717) is 23.0 Å². The number of carbonyl (C=O) groups excluding carboxylic acids is 2. The van der Waals surface area contributed by atoms with Gasteiger partial charge in [0.1, 0.15) is 0 Å². The van der Waals surface area contributed by atoms with Crippen LogP contribution in [0.1, 0.15) is 17.4 Å². The number of amides is 1. The highest BCUT2D eigenvalue weighted by molar-refractivity contribution is 7.16. The molecular formula is C19H19ClFNO4S. The van der Waals surface area contributed by atoms with E-state index in [1.165, 1.54) is 36.7 Å². The largest absolute Gasteiger partial charge is 0.494 e. The Bertz CT molecular complexity index is 837. The zero-order valence-electron chi connectivity index (χ0n) is 14.9. The van der Waals surface area contributed by atoms with Crippen molar-refractivity contribution in [3.8, 4) is 5.75 Å². The van der Waals surface area contributed by atoms with Crippen LogP contribution in [0.3, 0.4) is 0 Å². The third-order valence-electron chi connectivity index (χ3n) is 3.64. The summed E-state index contributed by atoms with van der Waals surface area (Å²) in [6, 6.07) is 7.92. The molecule has 2 rings (SSSR count). The molecular weight excluding hydrogens is 393 g/mol. The standard InChI is InChI=1S/C19H19ClFNO4S/c1-3-22(11-14-6-8-17(20)27-14)18(23)12-26-19(24)9-5-13-4-7-16(25-2)15(21)10-13/h4-10H,3,11-12H2,1-2H3/b9-5+. The van der Waals surface area contributed by atoms with Gasteiger partial charge >= 0.3 is 5.97 Å². The average Bonchev–Trinajstić information content (AvgIpc) is 3.07. The number of rotatable bonds is 8. The minimum atomic E-state index is -0.685. The van der Waals surface area contributed by atoms with Crippen LogP contribution in [0.2, 0.25) is 4.34 Å². The number of carbonyl (C=O) groups is 2. The van der Waals surface area contributed by atoms with Crippen LogP contribution in [0, 0.1) is 5.82 Å². The smallest absolute Gasteiger partial charge is 0.331 e. The predicted molar refractivity (Wildman–Crippen MR) is 103 cm³/mol. The highest BCUT2D eigenvalue weighted by Crippen LogP contribution is 2.22. The molecule has 0 unspecified atom stereocenters. The van der Waals surface area contributed by atoms with Crippen molar-refractivity contribution in [3.05, 3.63) is 57.0 Å². The summed E-state index contributed by atoms with van der Waals surface area (Å²) in [5, 5.41) is 0. The third-order valence-corrected chi connectivity index (χ3v) is 4.85. The van der Waals surface area contributed by atoms with Gasteiger partial charge in [0.15, 0.2) is 18.2 Å². The number of hydrogen-bond donors (Lipinski definition) is 0. The van der Waals surface area contributed by atoms with Crippen LogP contribution in [0.5, 0.6) is 5.75 Å². The molecule has 0 aliphatic heterocycles. The van der Waals surface area contributed by atoms with Crippen molar-refractivity contribution in [1.29, 1.82) is 0 Å². The molecule has 144 valence electrons. The molecule has 27 heavy (non-hydrogen) atoms. The minimum absolute atomic E-state index is 0.118. The van der Waals surface area contributed by atoms with Crippen molar-refractivity contribution in [2.24, 2.45) is 0 Å². The Morgan fingerprint density at radius 3 is 2.67 bits per heavy atom. The fraction of sp³-hybridized carbons (Fsp3) is 0.263. The van der Waals surface area contributed by atoms with Gasteiger partial charge in [-0.1, -0.05) is 17.7 Å². The van der Waals surface area contributed by atoms with E-state index in [1.54, 1.807) is 17.0 Å². The summed E-state index contributed by atoms with van der Waals surface area (Å²) in [5.74, 6) is -1.41. The van der Waals surface area contributed by atoms with Crippen molar-refractivity contribution in [1.82, 2.24) is 4.90 Å². The Hall–Kier alpha value is -2.38. The Balaban J connectivity index is 1.86. The third kappa shape index (κ3) is 6.37. The number of ether oxygens (including phenoxy) is 2. The first kappa shape index (κ1) is 20.9. The fourth-order valence-corrected chi connectivity index (χ4v) is 3.33. The molecule has 0 radical (unpaired) electrons. The zero-order chi connectivity index (χ0) is 19.8. The molecule has 0 aliphatic carbocycles. The molecule has 1 aromatic heterocycles. The molecule has 8 heteroatoms. The van der Waals surface area contributed by atoms with E-state index in [0.717, 1.165) is 11.0 Å². The first-order valence-corrected chi connectivity index (χ1v) is 9.32. The lowest BCUT2D eigenvalue weighted by atomic mass is 10.2. The van der Waals surface area contributed by atoms with Gasteiger partial charge in [0.25, 0.3) is 5.91 Å². The lowest BCUT2D eigenvalue weighted by Crippen LogP contribution is -2.33. The van der Waals surface area contributed by atoms with Crippen LogP contribution in [0.4, 0.5) is 4.39 Å². The minimum Gasteiger partial charge on any atom is -0.494 e. The molecule has 0 saturated heterocycles. The van der Waals surface area contributed by atoms with E-state index in [2.05, 4.69) is 0 Å². The van der Waals surface area contributed by atoms with E-state index in [1.807, 2.05) is 13.0 Å². The second-order valence-electron chi connectivity index (χ2n) is 5.45. The van der Waals surface area contributed by atoms with Gasteiger partial charge in [-0.2, -0.15) is 0 Å². The monoisotopic (exact) mass is 411 g/mol. The predicted octanol–water partition coefficient (Wildman–Crippen LogP) is 4.15.